The molecule has 1 unspecified atom stereocenters. The molecule has 2 heterocycles. The van der Waals surface area contributed by atoms with Crippen LogP contribution in [-0.4, -0.2) is 44.8 Å². The Labute approximate surface area is 183 Å². The summed E-state index contributed by atoms with van der Waals surface area (Å²) in [4.78, 5) is 24.6. The lowest BCUT2D eigenvalue weighted by atomic mass is 9.96. The summed E-state index contributed by atoms with van der Waals surface area (Å²) >= 11 is 1.40. The van der Waals surface area contributed by atoms with Crippen LogP contribution in [0.5, 0.6) is 0 Å². The van der Waals surface area contributed by atoms with Crippen molar-refractivity contribution in [3.63, 3.8) is 0 Å². The quantitative estimate of drug-likeness (QED) is 0.626. The van der Waals surface area contributed by atoms with Gasteiger partial charge in [0, 0.05) is 23.9 Å². The highest BCUT2D eigenvalue weighted by atomic mass is 32.2. The molecular formula is C20H22F2N2O5S2. The molecule has 31 heavy (non-hydrogen) atoms. The number of rotatable bonds is 7. The van der Waals surface area contributed by atoms with Crippen LogP contribution in [0.25, 0.3) is 0 Å². The van der Waals surface area contributed by atoms with Gasteiger partial charge in [0.15, 0.2) is 0 Å². The number of carbonyl (C=O) groups is 2. The molecule has 1 saturated heterocycles. The van der Waals surface area contributed by atoms with Gasteiger partial charge in [0.1, 0.15) is 16.5 Å². The van der Waals surface area contributed by atoms with E-state index < -0.39 is 44.5 Å². The van der Waals surface area contributed by atoms with E-state index in [1.807, 2.05) is 11.4 Å². The van der Waals surface area contributed by atoms with Crippen molar-refractivity contribution in [1.82, 2.24) is 9.62 Å². The minimum Gasteiger partial charge on any atom is -0.469 e. The summed E-state index contributed by atoms with van der Waals surface area (Å²) in [6, 6.07) is 5.36. The van der Waals surface area contributed by atoms with Crippen molar-refractivity contribution in [3.05, 3.63) is 52.2 Å². The Morgan fingerprint density at radius 2 is 1.97 bits per heavy atom. The van der Waals surface area contributed by atoms with E-state index >= 15 is 0 Å². The van der Waals surface area contributed by atoms with Gasteiger partial charge in [-0.25, -0.2) is 17.2 Å². The van der Waals surface area contributed by atoms with Crippen LogP contribution in [0.2, 0.25) is 0 Å². The summed E-state index contributed by atoms with van der Waals surface area (Å²) in [6.45, 7) is -0.00587. The van der Waals surface area contributed by atoms with Gasteiger partial charge in [0.25, 0.3) is 0 Å². The van der Waals surface area contributed by atoms with Gasteiger partial charge in [-0.05, 0) is 42.5 Å². The topological polar surface area (TPSA) is 92.8 Å². The number of ether oxygens (including phenoxy) is 1. The van der Waals surface area contributed by atoms with E-state index in [4.69, 9.17) is 4.74 Å². The number of hydrogen-bond donors (Lipinski definition) is 1. The van der Waals surface area contributed by atoms with Crippen LogP contribution in [0, 0.1) is 17.6 Å². The molecule has 1 aliphatic heterocycles. The van der Waals surface area contributed by atoms with Gasteiger partial charge in [-0.3, -0.25) is 9.59 Å². The number of hydrogen-bond acceptors (Lipinski definition) is 6. The number of halogens is 2. The minimum absolute atomic E-state index is 0.00293. The Bertz CT molecular complexity index is 1040. The number of piperidine rings is 1. The fourth-order valence-corrected chi connectivity index (χ4v) is 5.75. The first-order valence-corrected chi connectivity index (χ1v) is 11.9. The molecule has 11 heteroatoms. The molecule has 1 amide bonds. The van der Waals surface area contributed by atoms with E-state index in [9.17, 15) is 26.8 Å². The SMILES string of the molecule is COC(=O)CC(NC(=O)C1CCN(S(=O)(=O)c2cc(F)ccc2F)CC1)c1cccs1. The van der Waals surface area contributed by atoms with E-state index in [1.165, 1.54) is 18.4 Å². The van der Waals surface area contributed by atoms with Crippen molar-refractivity contribution in [3.8, 4) is 0 Å². The highest BCUT2D eigenvalue weighted by Crippen LogP contribution is 2.28. The summed E-state index contributed by atoms with van der Waals surface area (Å²) in [6.07, 6.45) is 0.420. The number of benzene rings is 1. The molecule has 1 aromatic heterocycles. The molecule has 2 aromatic rings. The summed E-state index contributed by atoms with van der Waals surface area (Å²) in [5.74, 6) is -3.10. The van der Waals surface area contributed by atoms with E-state index in [-0.39, 0.29) is 38.3 Å². The van der Waals surface area contributed by atoms with Crippen molar-refractivity contribution in [2.75, 3.05) is 20.2 Å². The third kappa shape index (κ3) is 5.46. The van der Waals surface area contributed by atoms with E-state index in [2.05, 4.69) is 5.32 Å². The number of nitrogens with zero attached hydrogens (tertiary/aromatic N) is 1. The van der Waals surface area contributed by atoms with Gasteiger partial charge in [-0.1, -0.05) is 6.07 Å². The predicted octanol–water partition coefficient (Wildman–Crippen LogP) is 2.85. The van der Waals surface area contributed by atoms with Crippen LogP contribution in [0.15, 0.2) is 40.6 Å². The lowest BCUT2D eigenvalue weighted by molar-refractivity contribution is -0.141. The molecule has 0 radical (unpaired) electrons. The Morgan fingerprint density at radius 1 is 1.26 bits per heavy atom. The second kappa shape index (κ2) is 9.84. The number of methoxy groups -OCH3 is 1. The normalized spacial score (nSPS) is 16.6. The van der Waals surface area contributed by atoms with Crippen LogP contribution < -0.4 is 5.32 Å². The molecule has 0 aliphatic carbocycles. The van der Waals surface area contributed by atoms with E-state index in [0.29, 0.717) is 6.07 Å². The molecular weight excluding hydrogens is 450 g/mol. The Morgan fingerprint density at radius 3 is 2.58 bits per heavy atom. The second-order valence-corrected chi connectivity index (χ2v) is 10.00. The van der Waals surface area contributed by atoms with Crippen LogP contribution in [0.3, 0.4) is 0 Å². The molecule has 1 N–H and O–H groups in total. The number of thiophene rings is 1. The van der Waals surface area contributed by atoms with E-state index in [1.54, 1.807) is 6.07 Å². The Kier molecular flexibility index (Phi) is 7.39. The summed E-state index contributed by atoms with van der Waals surface area (Å²) < 4.78 is 58.5. The average Bonchev–Trinajstić information content (AvgIpc) is 3.29. The largest absolute Gasteiger partial charge is 0.469 e. The molecule has 0 spiro atoms. The van der Waals surface area contributed by atoms with Crippen molar-refractivity contribution < 1.29 is 31.5 Å². The molecule has 1 fully saturated rings. The van der Waals surface area contributed by atoms with Crippen LogP contribution in [-0.2, 0) is 24.3 Å². The maximum Gasteiger partial charge on any atom is 0.307 e. The molecule has 0 bridgehead atoms. The summed E-state index contributed by atoms with van der Waals surface area (Å²) in [5, 5.41) is 4.68. The summed E-state index contributed by atoms with van der Waals surface area (Å²) in [7, 11) is -2.94. The molecule has 0 saturated carbocycles. The highest BCUT2D eigenvalue weighted by molar-refractivity contribution is 7.89. The lowest BCUT2D eigenvalue weighted by Crippen LogP contribution is -2.44. The maximum atomic E-state index is 14.0. The number of sulfonamides is 1. The molecule has 1 aromatic carbocycles. The van der Waals surface area contributed by atoms with Crippen LogP contribution in [0.4, 0.5) is 8.78 Å². The number of amides is 1. The fraction of sp³-hybridized carbons (Fsp3) is 0.400. The number of carbonyl (C=O) groups excluding carboxylic acids is 2. The Balaban J connectivity index is 1.65. The molecule has 1 aliphatic rings. The van der Waals surface area contributed by atoms with Gasteiger partial charge in [-0.2, -0.15) is 4.31 Å². The number of nitrogens with one attached hydrogen (secondary N) is 1. The molecule has 7 nitrogen and oxygen atoms in total. The van der Waals surface area contributed by atoms with Crippen LogP contribution in [0.1, 0.15) is 30.2 Å². The first-order valence-electron chi connectivity index (χ1n) is 9.58. The zero-order valence-corrected chi connectivity index (χ0v) is 18.3. The zero-order chi connectivity index (χ0) is 22.6. The zero-order valence-electron chi connectivity index (χ0n) is 16.7. The van der Waals surface area contributed by atoms with Gasteiger partial charge < -0.3 is 10.1 Å². The van der Waals surface area contributed by atoms with Gasteiger partial charge in [-0.15, -0.1) is 11.3 Å². The minimum atomic E-state index is -4.22. The molecule has 3 rings (SSSR count). The smallest absolute Gasteiger partial charge is 0.307 e. The maximum absolute atomic E-state index is 14.0. The predicted molar refractivity (Wildman–Crippen MR) is 110 cm³/mol. The van der Waals surface area contributed by atoms with Crippen LogP contribution >= 0.6 is 11.3 Å². The standard InChI is InChI=1S/C20H22F2N2O5S2/c1-29-19(25)12-16(17-3-2-10-30-17)23-20(26)13-6-8-24(9-7-13)31(27,28)18-11-14(21)4-5-15(18)22/h2-5,10-11,13,16H,6-9,12H2,1H3,(H,23,26). The van der Waals surface area contributed by atoms with Gasteiger partial charge >= 0.3 is 5.97 Å². The van der Waals surface area contributed by atoms with Crippen molar-refractivity contribution in [2.45, 2.75) is 30.2 Å². The first-order chi connectivity index (χ1) is 14.7. The van der Waals surface area contributed by atoms with E-state index in [0.717, 1.165) is 21.3 Å². The fourth-order valence-electron chi connectivity index (χ4n) is 3.42. The lowest BCUT2D eigenvalue weighted by Gasteiger charge is -2.31. The highest BCUT2D eigenvalue weighted by Gasteiger charge is 2.34. The van der Waals surface area contributed by atoms with Crippen molar-refractivity contribution in [1.29, 1.82) is 0 Å². The van der Waals surface area contributed by atoms with Gasteiger partial charge in [0.2, 0.25) is 15.9 Å². The average molecular weight is 473 g/mol. The molecule has 1 atom stereocenters. The third-order valence-electron chi connectivity index (χ3n) is 5.14. The molecule has 168 valence electrons. The monoisotopic (exact) mass is 472 g/mol. The third-order valence-corrected chi connectivity index (χ3v) is 8.04. The van der Waals surface area contributed by atoms with Gasteiger partial charge in [0.05, 0.1) is 19.6 Å². The number of esters is 1. The second-order valence-electron chi connectivity index (χ2n) is 7.11. The van der Waals surface area contributed by atoms with Crippen molar-refractivity contribution in [2.24, 2.45) is 5.92 Å². The summed E-state index contributed by atoms with van der Waals surface area (Å²) in [5.41, 5.74) is 0. The first kappa shape index (κ1) is 23.3. The Hall–Kier alpha value is -2.37. The van der Waals surface area contributed by atoms with Crippen molar-refractivity contribution >= 4 is 33.2 Å².